The lowest BCUT2D eigenvalue weighted by atomic mass is 9.93. The van der Waals surface area contributed by atoms with Gasteiger partial charge in [0.25, 0.3) is 0 Å². The van der Waals surface area contributed by atoms with Gasteiger partial charge in [0.1, 0.15) is 0 Å². The molecule has 0 fully saturated rings. The summed E-state index contributed by atoms with van der Waals surface area (Å²) in [6, 6.07) is 81.6. The Bertz CT molecular complexity index is 2820. The van der Waals surface area contributed by atoms with Gasteiger partial charge >= 0.3 is 0 Å². The van der Waals surface area contributed by atoms with Crippen molar-refractivity contribution in [1.82, 2.24) is 0 Å². The number of rotatable bonds is 7. The van der Waals surface area contributed by atoms with Crippen molar-refractivity contribution in [1.29, 1.82) is 0 Å². The zero-order valence-corrected chi connectivity index (χ0v) is 31.5. The highest BCUT2D eigenvalue weighted by molar-refractivity contribution is 7.81. The molecule has 10 aromatic carbocycles. The van der Waals surface area contributed by atoms with E-state index in [1.807, 2.05) is 0 Å². The minimum Gasteiger partial charge on any atom is -0.0622 e. The van der Waals surface area contributed by atoms with Gasteiger partial charge in [-0.3, -0.25) is 0 Å². The van der Waals surface area contributed by atoms with Crippen LogP contribution in [0.15, 0.2) is 218 Å². The van der Waals surface area contributed by atoms with Gasteiger partial charge in [0.05, 0.1) is 0 Å². The molecule has 254 valence electrons. The lowest BCUT2D eigenvalue weighted by molar-refractivity contribution is 1.72. The van der Waals surface area contributed by atoms with E-state index in [1.54, 1.807) is 0 Å². The third kappa shape index (κ3) is 5.71. The van der Waals surface area contributed by atoms with Crippen LogP contribution in [0.5, 0.6) is 0 Å². The maximum Gasteiger partial charge on any atom is -0.000883 e. The van der Waals surface area contributed by atoms with Gasteiger partial charge < -0.3 is 0 Å². The Labute approximate surface area is 318 Å². The second kappa shape index (κ2) is 14.2. The summed E-state index contributed by atoms with van der Waals surface area (Å²) in [5, 5.41) is 18.5. The van der Waals surface area contributed by atoms with Gasteiger partial charge in [0, 0.05) is 0 Å². The highest BCUT2D eigenvalue weighted by atomic mass is 31.1. The molecule has 0 amide bonds. The zero-order valence-electron chi connectivity index (χ0n) is 29.7. The van der Waals surface area contributed by atoms with Crippen molar-refractivity contribution < 1.29 is 0 Å². The maximum absolute atomic E-state index is 2.46. The molecule has 0 unspecified atom stereocenters. The molecule has 0 saturated heterocycles. The lowest BCUT2D eigenvalue weighted by Crippen LogP contribution is -2.26. The van der Waals surface area contributed by atoms with Gasteiger partial charge in [-0.05, 0) is 102 Å². The lowest BCUT2D eigenvalue weighted by Gasteiger charge is -2.29. The SMILES string of the molecule is c1ccc(P(c2ccccc2)c2ccc3ccccc3c2-c2c(P(c3cccc4ccccc34)c3cccc4ccccc34)ccc3ccccc23)cc1. The van der Waals surface area contributed by atoms with Crippen LogP contribution in [0.25, 0.3) is 54.2 Å². The summed E-state index contributed by atoms with van der Waals surface area (Å²) in [4.78, 5) is 0. The normalized spacial score (nSPS) is 11.7. The molecule has 0 spiro atoms. The second-order valence-corrected chi connectivity index (χ2v) is 18.0. The number of hydrogen-bond donors (Lipinski definition) is 0. The molecule has 0 aliphatic carbocycles. The van der Waals surface area contributed by atoms with Gasteiger partial charge in [-0.25, -0.2) is 0 Å². The summed E-state index contributed by atoms with van der Waals surface area (Å²) in [5.41, 5.74) is 2.68. The molecule has 10 aromatic rings. The molecular formula is C52H36P2. The average molecular weight is 723 g/mol. The fourth-order valence-electron chi connectivity index (χ4n) is 8.20. The van der Waals surface area contributed by atoms with Crippen LogP contribution >= 0.6 is 15.8 Å². The molecule has 0 N–H and O–H groups in total. The smallest absolute Gasteiger partial charge is 0.000883 e. The van der Waals surface area contributed by atoms with Crippen LogP contribution < -0.4 is 31.8 Å². The molecule has 0 aromatic heterocycles. The van der Waals surface area contributed by atoms with Crippen molar-refractivity contribution >= 4 is 90.8 Å². The fourth-order valence-corrected chi connectivity index (χ4v) is 13.5. The molecule has 0 nitrogen and oxygen atoms in total. The number of hydrogen-bond acceptors (Lipinski definition) is 0. The first-order valence-electron chi connectivity index (χ1n) is 18.5. The summed E-state index contributed by atoms with van der Waals surface area (Å²) in [6.45, 7) is 0. The van der Waals surface area contributed by atoms with Crippen LogP contribution in [0.3, 0.4) is 0 Å². The number of benzene rings is 10. The first kappa shape index (κ1) is 32.7. The molecule has 10 rings (SSSR count). The van der Waals surface area contributed by atoms with E-state index in [1.165, 1.54) is 86.0 Å². The molecule has 0 heterocycles. The van der Waals surface area contributed by atoms with Crippen molar-refractivity contribution in [2.24, 2.45) is 0 Å². The van der Waals surface area contributed by atoms with Crippen LogP contribution in [-0.4, -0.2) is 0 Å². The van der Waals surface area contributed by atoms with E-state index < -0.39 is 15.8 Å². The molecule has 0 radical (unpaired) electrons. The van der Waals surface area contributed by atoms with Crippen LogP contribution in [-0.2, 0) is 0 Å². The van der Waals surface area contributed by atoms with Crippen LogP contribution in [0.4, 0.5) is 0 Å². The van der Waals surface area contributed by atoms with Gasteiger partial charge in [-0.1, -0.05) is 218 Å². The predicted octanol–water partition coefficient (Wildman–Crippen LogP) is 11.5. The molecule has 54 heavy (non-hydrogen) atoms. The van der Waals surface area contributed by atoms with Crippen molar-refractivity contribution in [3.05, 3.63) is 218 Å². The summed E-state index contributed by atoms with van der Waals surface area (Å²) in [5.74, 6) is 0. The summed E-state index contributed by atoms with van der Waals surface area (Å²) in [6.07, 6.45) is 0. The van der Waals surface area contributed by atoms with Crippen LogP contribution in [0.2, 0.25) is 0 Å². The molecular weight excluding hydrogens is 687 g/mol. The Morgan fingerprint density at radius 2 is 0.537 bits per heavy atom. The minimum absolute atomic E-state index is 0.909. The molecule has 0 bridgehead atoms. The van der Waals surface area contributed by atoms with E-state index in [0.717, 1.165) is 0 Å². The third-order valence-electron chi connectivity index (χ3n) is 10.6. The van der Waals surface area contributed by atoms with Crippen molar-refractivity contribution in [2.75, 3.05) is 0 Å². The average Bonchev–Trinajstić information content (AvgIpc) is 3.25. The molecule has 0 aliphatic heterocycles. The Hall–Kier alpha value is -5.90. The Balaban J connectivity index is 1.38. The molecule has 0 aliphatic rings. The van der Waals surface area contributed by atoms with E-state index in [9.17, 15) is 0 Å². The first-order chi connectivity index (χ1) is 26.8. The number of fused-ring (bicyclic) bond motifs is 4. The van der Waals surface area contributed by atoms with Crippen molar-refractivity contribution in [3.8, 4) is 11.1 Å². The van der Waals surface area contributed by atoms with Gasteiger partial charge in [0.2, 0.25) is 0 Å². The molecule has 0 saturated carbocycles. The van der Waals surface area contributed by atoms with Gasteiger partial charge in [-0.2, -0.15) is 0 Å². The second-order valence-electron chi connectivity index (χ2n) is 13.7. The Kier molecular flexibility index (Phi) is 8.58. The summed E-state index contributed by atoms with van der Waals surface area (Å²) in [7, 11) is -1.96. The summed E-state index contributed by atoms with van der Waals surface area (Å²) < 4.78 is 0. The fraction of sp³-hybridized carbons (Fsp3) is 0. The quantitative estimate of drug-likeness (QED) is 0.144. The first-order valence-corrected chi connectivity index (χ1v) is 21.2. The van der Waals surface area contributed by atoms with Crippen LogP contribution in [0, 0.1) is 0 Å². The highest BCUT2D eigenvalue weighted by Crippen LogP contribution is 2.47. The van der Waals surface area contributed by atoms with E-state index in [2.05, 4.69) is 218 Å². The topological polar surface area (TPSA) is 0 Å². The maximum atomic E-state index is 2.46. The largest absolute Gasteiger partial charge is 0.0622 e. The third-order valence-corrected chi connectivity index (χ3v) is 15.7. The minimum atomic E-state index is -1.05. The van der Waals surface area contributed by atoms with E-state index >= 15 is 0 Å². The van der Waals surface area contributed by atoms with E-state index in [-0.39, 0.29) is 0 Å². The van der Waals surface area contributed by atoms with Gasteiger partial charge in [0.15, 0.2) is 0 Å². The molecule has 2 heteroatoms. The summed E-state index contributed by atoms with van der Waals surface area (Å²) >= 11 is 0. The highest BCUT2D eigenvalue weighted by Gasteiger charge is 2.29. The predicted molar refractivity (Wildman–Crippen MR) is 239 cm³/mol. The Morgan fingerprint density at radius 3 is 0.981 bits per heavy atom. The van der Waals surface area contributed by atoms with Crippen molar-refractivity contribution in [3.63, 3.8) is 0 Å². The van der Waals surface area contributed by atoms with E-state index in [4.69, 9.17) is 0 Å². The van der Waals surface area contributed by atoms with Crippen LogP contribution in [0.1, 0.15) is 0 Å². The van der Waals surface area contributed by atoms with Gasteiger partial charge in [-0.15, -0.1) is 0 Å². The standard InChI is InChI=1S/C52H36P2/c1-3-23-41(24-4-1)53(42-25-5-2-6-26-42)49-35-33-39-19-9-13-29-45(39)51(49)52-46-30-14-10-20-40(46)34-36-50(52)54(47-31-15-21-37-17-7-11-27-43(37)47)48-32-16-22-38-18-8-12-28-44(38)48/h1-36H. The Morgan fingerprint density at radius 1 is 0.204 bits per heavy atom. The van der Waals surface area contributed by atoms with E-state index in [0.29, 0.717) is 0 Å². The molecule has 0 atom stereocenters. The monoisotopic (exact) mass is 722 g/mol. The van der Waals surface area contributed by atoms with Crippen molar-refractivity contribution in [2.45, 2.75) is 0 Å². The zero-order chi connectivity index (χ0) is 35.8.